The van der Waals surface area contributed by atoms with Gasteiger partial charge in [-0.2, -0.15) is 0 Å². The van der Waals surface area contributed by atoms with E-state index in [0.717, 1.165) is 11.1 Å². The Balaban J connectivity index is 1.66. The van der Waals surface area contributed by atoms with Crippen molar-refractivity contribution < 1.29 is 14.9 Å². The van der Waals surface area contributed by atoms with E-state index in [-0.39, 0.29) is 0 Å². The van der Waals surface area contributed by atoms with Gasteiger partial charge in [0.05, 0.1) is 11.5 Å². The Hall–Kier alpha value is -2.23. The largest absolute Gasteiger partial charge is 0.385 e. The highest BCUT2D eigenvalue weighted by atomic mass is 35.5. The number of halogens is 1. The molecule has 1 fully saturated rings. The van der Waals surface area contributed by atoms with E-state index < -0.39 is 24.0 Å². The summed E-state index contributed by atoms with van der Waals surface area (Å²) in [6, 6.07) is 7.40. The molecule has 0 unspecified atom stereocenters. The Morgan fingerprint density at radius 1 is 1.31 bits per heavy atom. The lowest BCUT2D eigenvalue weighted by molar-refractivity contribution is -0.0627. The fourth-order valence-corrected chi connectivity index (χ4v) is 4.07. The number of benzene rings is 1. The Bertz CT molecular complexity index is 1040. The average molecular weight is 418 g/mol. The minimum Gasteiger partial charge on any atom is -0.385 e. The maximum Gasteiger partial charge on any atom is 0.164 e. The standard InChI is InChI=1S/C20H24ClN5O3/c1-20(28)15(8-11-3-4-13(21)7-12(11)9-23-2)29-19(16(20)27)26-6-5-14-17(22)24-10-25-18(14)26/h3-7,10,15-16,19,23,27-28H,8-9H2,1-2H3,(H2,22,24,25)/t15-,16+,19-,20-/m1/s1. The first kappa shape index (κ1) is 20.1. The molecule has 3 aromatic rings. The number of nitrogens with zero attached hydrogens (tertiary/aromatic N) is 3. The number of aliphatic hydroxyl groups excluding tert-OH is 1. The van der Waals surface area contributed by atoms with Crippen LogP contribution < -0.4 is 11.1 Å². The summed E-state index contributed by atoms with van der Waals surface area (Å²) in [5, 5.41) is 26.4. The second kappa shape index (κ2) is 7.55. The zero-order valence-corrected chi connectivity index (χ0v) is 17.0. The van der Waals surface area contributed by atoms with Crippen LogP contribution in [0.3, 0.4) is 0 Å². The van der Waals surface area contributed by atoms with Crippen molar-refractivity contribution in [3.8, 4) is 0 Å². The number of aromatic nitrogens is 3. The molecule has 0 saturated carbocycles. The molecule has 0 spiro atoms. The van der Waals surface area contributed by atoms with Gasteiger partial charge in [0.25, 0.3) is 0 Å². The summed E-state index contributed by atoms with van der Waals surface area (Å²) in [4.78, 5) is 8.25. The van der Waals surface area contributed by atoms with E-state index in [9.17, 15) is 10.2 Å². The Labute approximate surface area is 173 Å². The molecule has 3 heterocycles. The molecule has 1 aliphatic heterocycles. The zero-order chi connectivity index (χ0) is 20.8. The van der Waals surface area contributed by atoms with Crippen LogP contribution in [-0.4, -0.2) is 49.6 Å². The minimum absolute atomic E-state index is 0.349. The molecule has 9 heteroatoms. The number of ether oxygens (including phenoxy) is 1. The highest BCUT2D eigenvalue weighted by Crippen LogP contribution is 2.40. The van der Waals surface area contributed by atoms with E-state index >= 15 is 0 Å². The van der Waals surface area contributed by atoms with Gasteiger partial charge in [0.2, 0.25) is 0 Å². The molecule has 4 rings (SSSR count). The summed E-state index contributed by atoms with van der Waals surface area (Å²) in [6.07, 6.45) is 0.933. The number of nitrogens with two attached hydrogens (primary N) is 1. The highest BCUT2D eigenvalue weighted by Gasteiger charge is 2.53. The van der Waals surface area contributed by atoms with Crippen molar-refractivity contribution in [3.63, 3.8) is 0 Å². The lowest BCUT2D eigenvalue weighted by Crippen LogP contribution is -2.45. The van der Waals surface area contributed by atoms with Crippen LogP contribution in [0.5, 0.6) is 0 Å². The van der Waals surface area contributed by atoms with Crippen LogP contribution in [-0.2, 0) is 17.7 Å². The second-order valence-electron chi connectivity index (χ2n) is 7.55. The van der Waals surface area contributed by atoms with Gasteiger partial charge in [-0.15, -0.1) is 0 Å². The van der Waals surface area contributed by atoms with Gasteiger partial charge < -0.3 is 30.6 Å². The smallest absolute Gasteiger partial charge is 0.164 e. The third kappa shape index (κ3) is 3.47. The van der Waals surface area contributed by atoms with Crippen LogP contribution in [0.15, 0.2) is 36.8 Å². The molecular formula is C20H24ClN5O3. The van der Waals surface area contributed by atoms with Crippen molar-refractivity contribution in [2.24, 2.45) is 0 Å². The second-order valence-corrected chi connectivity index (χ2v) is 7.99. The first-order valence-corrected chi connectivity index (χ1v) is 9.75. The minimum atomic E-state index is -1.46. The Kier molecular flexibility index (Phi) is 5.22. The summed E-state index contributed by atoms with van der Waals surface area (Å²) in [5.74, 6) is 0.349. The van der Waals surface area contributed by atoms with Crippen molar-refractivity contribution in [2.75, 3.05) is 12.8 Å². The number of rotatable bonds is 5. The summed E-state index contributed by atoms with van der Waals surface area (Å²) >= 11 is 6.13. The van der Waals surface area contributed by atoms with Crippen molar-refractivity contribution in [2.45, 2.75) is 43.9 Å². The number of fused-ring (bicyclic) bond motifs is 1. The van der Waals surface area contributed by atoms with Gasteiger partial charge in [-0.3, -0.25) is 0 Å². The predicted octanol–water partition coefficient (Wildman–Crippen LogP) is 1.64. The Morgan fingerprint density at radius 2 is 2.10 bits per heavy atom. The average Bonchev–Trinajstić information content (AvgIpc) is 3.19. The molecule has 29 heavy (non-hydrogen) atoms. The molecule has 0 bridgehead atoms. The number of aliphatic hydroxyl groups is 2. The monoisotopic (exact) mass is 417 g/mol. The van der Waals surface area contributed by atoms with Gasteiger partial charge in [0.1, 0.15) is 29.5 Å². The zero-order valence-electron chi connectivity index (χ0n) is 16.2. The maximum atomic E-state index is 11.1. The molecule has 5 N–H and O–H groups in total. The van der Waals surface area contributed by atoms with Crippen LogP contribution >= 0.6 is 11.6 Å². The van der Waals surface area contributed by atoms with Crippen LogP contribution in [0.1, 0.15) is 24.3 Å². The maximum absolute atomic E-state index is 11.1. The van der Waals surface area contributed by atoms with E-state index in [1.165, 1.54) is 6.33 Å². The van der Waals surface area contributed by atoms with Crippen molar-refractivity contribution in [1.82, 2.24) is 19.9 Å². The van der Waals surface area contributed by atoms with Crippen LogP contribution in [0.2, 0.25) is 5.02 Å². The topological polar surface area (TPSA) is 118 Å². The third-order valence-corrected chi connectivity index (χ3v) is 5.81. The normalized spacial score (nSPS) is 27.0. The number of anilines is 1. The van der Waals surface area contributed by atoms with E-state index in [1.54, 1.807) is 23.8 Å². The number of hydrogen-bond acceptors (Lipinski definition) is 7. The molecule has 2 aromatic heterocycles. The first-order chi connectivity index (χ1) is 13.8. The van der Waals surface area contributed by atoms with Gasteiger partial charge >= 0.3 is 0 Å². The van der Waals surface area contributed by atoms with Gasteiger partial charge in [-0.1, -0.05) is 17.7 Å². The molecule has 8 nitrogen and oxygen atoms in total. The third-order valence-electron chi connectivity index (χ3n) is 5.58. The van der Waals surface area contributed by atoms with E-state index in [0.29, 0.717) is 34.8 Å². The lowest BCUT2D eigenvalue weighted by Gasteiger charge is -2.27. The summed E-state index contributed by atoms with van der Waals surface area (Å²) < 4.78 is 7.84. The molecule has 4 atom stereocenters. The molecule has 1 aliphatic rings. The van der Waals surface area contributed by atoms with Crippen LogP contribution in [0.25, 0.3) is 11.0 Å². The van der Waals surface area contributed by atoms with Gasteiger partial charge in [0.15, 0.2) is 6.23 Å². The lowest BCUT2D eigenvalue weighted by atomic mass is 9.89. The quantitative estimate of drug-likeness (QED) is 0.498. The highest BCUT2D eigenvalue weighted by molar-refractivity contribution is 6.30. The fraction of sp³-hybridized carbons (Fsp3) is 0.400. The van der Waals surface area contributed by atoms with Gasteiger partial charge in [0, 0.05) is 24.2 Å². The molecule has 1 saturated heterocycles. The van der Waals surface area contributed by atoms with Crippen molar-refractivity contribution in [3.05, 3.63) is 52.9 Å². The number of nitrogens with one attached hydrogen (secondary N) is 1. The predicted molar refractivity (Wildman–Crippen MR) is 110 cm³/mol. The molecule has 0 aliphatic carbocycles. The van der Waals surface area contributed by atoms with Gasteiger partial charge in [-0.05, 0) is 43.3 Å². The summed E-state index contributed by atoms with van der Waals surface area (Å²) in [6.45, 7) is 2.22. The van der Waals surface area contributed by atoms with Crippen LogP contribution in [0, 0.1) is 0 Å². The molecular weight excluding hydrogens is 394 g/mol. The first-order valence-electron chi connectivity index (χ1n) is 9.37. The van der Waals surface area contributed by atoms with Gasteiger partial charge in [-0.25, -0.2) is 9.97 Å². The van der Waals surface area contributed by atoms with E-state index in [2.05, 4.69) is 15.3 Å². The molecule has 154 valence electrons. The van der Waals surface area contributed by atoms with Crippen molar-refractivity contribution >= 4 is 28.5 Å². The SMILES string of the molecule is CNCc1cc(Cl)ccc1C[C@H]1O[C@@H](n2ccc3c(N)ncnc32)[C@H](O)[C@]1(C)O. The fourth-order valence-electron chi connectivity index (χ4n) is 3.88. The number of hydrogen-bond donors (Lipinski definition) is 4. The number of nitrogen functional groups attached to an aromatic ring is 1. The molecule has 1 aromatic carbocycles. The van der Waals surface area contributed by atoms with Crippen molar-refractivity contribution in [1.29, 1.82) is 0 Å². The summed E-state index contributed by atoms with van der Waals surface area (Å²) in [5.41, 5.74) is 7.00. The molecule has 0 amide bonds. The Morgan fingerprint density at radius 3 is 2.86 bits per heavy atom. The molecule has 0 radical (unpaired) electrons. The summed E-state index contributed by atoms with van der Waals surface area (Å²) in [7, 11) is 1.86. The van der Waals surface area contributed by atoms with Crippen LogP contribution in [0.4, 0.5) is 5.82 Å². The van der Waals surface area contributed by atoms with E-state index in [1.807, 2.05) is 25.2 Å². The van der Waals surface area contributed by atoms with E-state index in [4.69, 9.17) is 22.1 Å².